The van der Waals surface area contributed by atoms with Gasteiger partial charge in [0.25, 0.3) is 0 Å². The second kappa shape index (κ2) is 9.29. The molecule has 2 rings (SSSR count). The fraction of sp³-hybridized carbons (Fsp3) is 0.300. The van der Waals surface area contributed by atoms with Crippen molar-refractivity contribution in [3.63, 3.8) is 0 Å². The second-order valence-electron chi connectivity index (χ2n) is 6.13. The number of carbonyl (C=O) groups is 2. The van der Waals surface area contributed by atoms with E-state index in [0.29, 0.717) is 18.0 Å². The highest BCUT2D eigenvalue weighted by atomic mass is 32.2. The van der Waals surface area contributed by atoms with Crippen molar-refractivity contribution in [1.29, 1.82) is 0 Å². The van der Waals surface area contributed by atoms with Crippen LogP contribution in [-0.2, 0) is 16.1 Å². The van der Waals surface area contributed by atoms with Crippen molar-refractivity contribution in [1.82, 2.24) is 4.90 Å². The number of hydrogen-bond acceptors (Lipinski definition) is 4. The van der Waals surface area contributed by atoms with Crippen LogP contribution in [-0.4, -0.2) is 41.3 Å². The van der Waals surface area contributed by atoms with Gasteiger partial charge in [0.15, 0.2) is 6.61 Å². The summed E-state index contributed by atoms with van der Waals surface area (Å²) in [6.07, 6.45) is 0. The van der Waals surface area contributed by atoms with E-state index < -0.39 is 5.97 Å². The predicted octanol–water partition coefficient (Wildman–Crippen LogP) is 3.52. The lowest BCUT2D eigenvalue weighted by molar-refractivity contribution is -0.139. The van der Waals surface area contributed by atoms with Gasteiger partial charge in [-0.05, 0) is 43.2 Å². The fourth-order valence-corrected chi connectivity index (χ4v) is 3.37. The highest BCUT2D eigenvalue weighted by Crippen LogP contribution is 2.24. The zero-order chi connectivity index (χ0) is 19.1. The number of aryl methyl sites for hydroxylation is 2. The third-order valence-electron chi connectivity index (χ3n) is 3.83. The molecular formula is C20H23NO4S. The van der Waals surface area contributed by atoms with E-state index in [-0.39, 0.29) is 12.5 Å². The molecule has 0 aromatic heterocycles. The van der Waals surface area contributed by atoms with Crippen molar-refractivity contribution in [2.24, 2.45) is 0 Å². The van der Waals surface area contributed by atoms with Gasteiger partial charge in [0.05, 0.1) is 5.75 Å². The molecule has 1 amide bonds. The Kier molecular flexibility index (Phi) is 7.09. The van der Waals surface area contributed by atoms with Crippen LogP contribution in [0.1, 0.15) is 16.7 Å². The van der Waals surface area contributed by atoms with E-state index in [1.165, 1.54) is 11.1 Å². The largest absolute Gasteiger partial charge is 0.482 e. The van der Waals surface area contributed by atoms with Gasteiger partial charge in [0.2, 0.25) is 5.91 Å². The van der Waals surface area contributed by atoms with Crippen LogP contribution in [0.4, 0.5) is 0 Å². The lowest BCUT2D eigenvalue weighted by Gasteiger charge is -2.18. The Morgan fingerprint density at radius 1 is 1.12 bits per heavy atom. The number of ether oxygens (including phenoxy) is 1. The average Bonchev–Trinajstić information content (AvgIpc) is 2.61. The average molecular weight is 373 g/mol. The number of carbonyl (C=O) groups excluding carboxylic acids is 1. The quantitative estimate of drug-likeness (QED) is 0.717. The molecule has 0 aliphatic carbocycles. The van der Waals surface area contributed by atoms with Gasteiger partial charge in [-0.25, -0.2) is 4.79 Å². The van der Waals surface area contributed by atoms with Crippen molar-refractivity contribution in [3.05, 3.63) is 59.2 Å². The number of amides is 1. The molecule has 0 saturated heterocycles. The molecule has 0 unspecified atom stereocenters. The Morgan fingerprint density at radius 2 is 1.81 bits per heavy atom. The van der Waals surface area contributed by atoms with E-state index in [2.05, 4.69) is 18.2 Å². The molecule has 5 nitrogen and oxygen atoms in total. The Bertz CT molecular complexity index is 774. The van der Waals surface area contributed by atoms with E-state index in [4.69, 9.17) is 9.84 Å². The molecule has 6 heteroatoms. The molecule has 0 saturated carbocycles. The molecule has 0 aliphatic heterocycles. The first-order valence-electron chi connectivity index (χ1n) is 8.22. The van der Waals surface area contributed by atoms with E-state index in [1.54, 1.807) is 35.8 Å². The van der Waals surface area contributed by atoms with Gasteiger partial charge >= 0.3 is 5.97 Å². The topological polar surface area (TPSA) is 66.8 Å². The number of carboxylic acid groups (broad SMARTS) is 1. The van der Waals surface area contributed by atoms with E-state index >= 15 is 0 Å². The highest BCUT2D eigenvalue weighted by molar-refractivity contribution is 8.00. The van der Waals surface area contributed by atoms with E-state index in [9.17, 15) is 9.59 Å². The van der Waals surface area contributed by atoms with Crippen LogP contribution in [0.15, 0.2) is 47.4 Å². The summed E-state index contributed by atoms with van der Waals surface area (Å²) in [5.41, 5.74) is 3.32. The van der Waals surface area contributed by atoms with Crippen LogP contribution in [0.25, 0.3) is 0 Å². The molecule has 0 bridgehead atoms. The minimum atomic E-state index is -1.01. The number of carboxylic acids is 1. The van der Waals surface area contributed by atoms with Gasteiger partial charge in [-0.1, -0.05) is 29.8 Å². The summed E-state index contributed by atoms with van der Waals surface area (Å²) in [5, 5.41) is 8.60. The van der Waals surface area contributed by atoms with Gasteiger partial charge in [-0.15, -0.1) is 11.8 Å². The highest BCUT2D eigenvalue weighted by Gasteiger charge is 2.11. The van der Waals surface area contributed by atoms with Gasteiger partial charge < -0.3 is 14.7 Å². The molecule has 0 aliphatic rings. The molecule has 138 valence electrons. The summed E-state index contributed by atoms with van der Waals surface area (Å²) in [4.78, 5) is 25.7. The number of hydrogen-bond donors (Lipinski definition) is 1. The molecule has 2 aromatic rings. The van der Waals surface area contributed by atoms with Gasteiger partial charge in [-0.3, -0.25) is 4.79 Å². The molecule has 2 aromatic carbocycles. The minimum absolute atomic E-state index is 0.0575. The van der Waals surface area contributed by atoms with Crippen molar-refractivity contribution >= 4 is 23.6 Å². The molecule has 0 fully saturated rings. The maximum atomic E-state index is 12.4. The maximum Gasteiger partial charge on any atom is 0.341 e. The molecule has 0 radical (unpaired) electrons. The minimum Gasteiger partial charge on any atom is -0.482 e. The number of rotatable bonds is 8. The van der Waals surface area contributed by atoms with E-state index in [0.717, 1.165) is 10.5 Å². The van der Waals surface area contributed by atoms with Gasteiger partial charge in [0.1, 0.15) is 5.75 Å². The zero-order valence-electron chi connectivity index (χ0n) is 15.2. The van der Waals surface area contributed by atoms with Crippen molar-refractivity contribution in [3.8, 4) is 5.75 Å². The van der Waals surface area contributed by atoms with Crippen LogP contribution in [0, 0.1) is 13.8 Å². The monoisotopic (exact) mass is 373 g/mol. The van der Waals surface area contributed by atoms with Gasteiger partial charge in [0, 0.05) is 18.5 Å². The number of thioether (sulfide) groups is 1. The van der Waals surface area contributed by atoms with Crippen LogP contribution < -0.4 is 4.74 Å². The number of aliphatic carboxylic acids is 1. The van der Waals surface area contributed by atoms with Crippen molar-refractivity contribution < 1.29 is 19.4 Å². The number of benzene rings is 2. The summed E-state index contributed by atoms with van der Waals surface area (Å²) in [6, 6.07) is 13.3. The molecular weight excluding hydrogens is 350 g/mol. The second-order valence-corrected chi connectivity index (χ2v) is 7.15. The molecule has 0 spiro atoms. The summed E-state index contributed by atoms with van der Waals surface area (Å²) in [5.74, 6) is -0.0703. The van der Waals surface area contributed by atoms with E-state index in [1.807, 2.05) is 26.0 Å². The molecule has 0 heterocycles. The zero-order valence-corrected chi connectivity index (χ0v) is 16.0. The molecule has 0 atom stereocenters. The first-order chi connectivity index (χ1) is 12.3. The lowest BCUT2D eigenvalue weighted by atomic mass is 10.2. The first-order valence-corrected chi connectivity index (χ1v) is 9.21. The van der Waals surface area contributed by atoms with Gasteiger partial charge in [-0.2, -0.15) is 0 Å². The Balaban J connectivity index is 1.86. The third-order valence-corrected chi connectivity index (χ3v) is 4.97. The summed E-state index contributed by atoms with van der Waals surface area (Å²) < 4.78 is 5.10. The smallest absolute Gasteiger partial charge is 0.341 e. The van der Waals surface area contributed by atoms with Crippen molar-refractivity contribution in [2.75, 3.05) is 19.4 Å². The first kappa shape index (κ1) is 19.8. The molecule has 26 heavy (non-hydrogen) atoms. The Labute approximate surface area is 158 Å². The standard InChI is InChI=1S/C20H23NO4S/c1-14-4-5-15(2)18(10-14)26-13-19(22)21(3)11-16-6-8-17(9-7-16)25-12-20(23)24/h4-10H,11-13H2,1-3H3,(H,23,24). The SMILES string of the molecule is Cc1ccc(C)c(SCC(=O)N(C)Cc2ccc(OCC(=O)O)cc2)c1. The third kappa shape index (κ3) is 6.11. The van der Waals surface area contributed by atoms with Crippen molar-refractivity contribution in [2.45, 2.75) is 25.3 Å². The summed E-state index contributed by atoms with van der Waals surface area (Å²) >= 11 is 1.55. The van der Waals surface area contributed by atoms with Crippen LogP contribution in [0.3, 0.4) is 0 Å². The molecule has 1 N–H and O–H groups in total. The normalized spacial score (nSPS) is 10.4. The fourth-order valence-electron chi connectivity index (χ4n) is 2.31. The van der Waals surface area contributed by atoms with Crippen LogP contribution in [0.2, 0.25) is 0 Å². The Morgan fingerprint density at radius 3 is 2.46 bits per heavy atom. The number of nitrogens with zero attached hydrogens (tertiary/aromatic N) is 1. The van der Waals surface area contributed by atoms with Crippen LogP contribution in [0.5, 0.6) is 5.75 Å². The maximum absolute atomic E-state index is 12.4. The van der Waals surface area contributed by atoms with Crippen LogP contribution >= 0.6 is 11.8 Å². The summed E-state index contributed by atoms with van der Waals surface area (Å²) in [7, 11) is 1.78. The predicted molar refractivity (Wildman–Crippen MR) is 103 cm³/mol. The Hall–Kier alpha value is -2.47. The summed E-state index contributed by atoms with van der Waals surface area (Å²) in [6.45, 7) is 4.21. The lowest BCUT2D eigenvalue weighted by Crippen LogP contribution is -2.27.